The summed E-state index contributed by atoms with van der Waals surface area (Å²) in [5, 5.41) is 11.9. The zero-order valence-corrected chi connectivity index (χ0v) is 17.3. The molecule has 2 aromatic rings. The van der Waals surface area contributed by atoms with Crippen molar-refractivity contribution in [2.24, 2.45) is 0 Å². The van der Waals surface area contributed by atoms with Crippen molar-refractivity contribution in [1.29, 1.82) is 0 Å². The van der Waals surface area contributed by atoms with Crippen molar-refractivity contribution in [2.75, 3.05) is 63.8 Å². The molecule has 1 saturated heterocycles. The number of hydrogen-bond acceptors (Lipinski definition) is 9. The number of aromatic nitrogens is 3. The molecule has 0 atom stereocenters. The molecular weight excluding hydrogens is 421 g/mol. The van der Waals surface area contributed by atoms with Gasteiger partial charge in [0.15, 0.2) is 5.82 Å². The van der Waals surface area contributed by atoms with Crippen molar-refractivity contribution in [1.82, 2.24) is 15.2 Å². The van der Waals surface area contributed by atoms with Crippen LogP contribution in [0, 0.1) is 0 Å². The molecule has 1 aliphatic heterocycles. The molecule has 158 valence electrons. The first-order valence-electron chi connectivity index (χ1n) is 9.18. The van der Waals surface area contributed by atoms with Crippen LogP contribution in [0.25, 0.3) is 11.3 Å². The van der Waals surface area contributed by atoms with Gasteiger partial charge in [-0.2, -0.15) is 4.98 Å². The SMILES string of the molecule is Nc1nc(NCCOCCOCCOC2COC2)nnc1-c1cccc(Cl)c1Cl. The Labute approximate surface area is 178 Å². The van der Waals surface area contributed by atoms with Crippen LogP contribution >= 0.6 is 23.2 Å². The third-order valence-electron chi connectivity index (χ3n) is 4.01. The van der Waals surface area contributed by atoms with Crippen LogP contribution in [0.4, 0.5) is 11.8 Å². The Kier molecular flexibility index (Phi) is 8.66. The lowest BCUT2D eigenvalue weighted by Crippen LogP contribution is -2.36. The summed E-state index contributed by atoms with van der Waals surface area (Å²) < 4.78 is 21.4. The summed E-state index contributed by atoms with van der Waals surface area (Å²) in [7, 11) is 0. The molecule has 1 fully saturated rings. The molecule has 1 aromatic carbocycles. The van der Waals surface area contributed by atoms with Crippen LogP contribution in [-0.2, 0) is 18.9 Å². The van der Waals surface area contributed by atoms with Crippen LogP contribution in [-0.4, -0.2) is 74.1 Å². The summed E-state index contributed by atoms with van der Waals surface area (Å²) in [6.45, 7) is 4.42. The van der Waals surface area contributed by atoms with Gasteiger partial charge >= 0.3 is 0 Å². The highest BCUT2D eigenvalue weighted by molar-refractivity contribution is 6.43. The van der Waals surface area contributed by atoms with Gasteiger partial charge in [-0.1, -0.05) is 35.3 Å². The second-order valence-electron chi connectivity index (χ2n) is 6.15. The monoisotopic (exact) mass is 443 g/mol. The number of hydrogen-bond donors (Lipinski definition) is 2. The molecule has 3 rings (SSSR count). The fraction of sp³-hybridized carbons (Fsp3) is 0.500. The van der Waals surface area contributed by atoms with Gasteiger partial charge in [-0.25, -0.2) is 0 Å². The molecule has 11 heteroatoms. The van der Waals surface area contributed by atoms with Gasteiger partial charge in [-0.3, -0.25) is 0 Å². The Balaban J connectivity index is 1.31. The lowest BCUT2D eigenvalue weighted by Gasteiger charge is -2.25. The van der Waals surface area contributed by atoms with E-state index in [4.69, 9.17) is 47.9 Å². The topological polar surface area (TPSA) is 114 Å². The summed E-state index contributed by atoms with van der Waals surface area (Å²) in [6, 6.07) is 5.20. The molecule has 2 heterocycles. The van der Waals surface area contributed by atoms with Gasteiger partial charge in [-0.15, -0.1) is 10.2 Å². The molecule has 0 radical (unpaired) electrons. The Morgan fingerprint density at radius 2 is 1.83 bits per heavy atom. The first-order chi connectivity index (χ1) is 14.1. The summed E-state index contributed by atoms with van der Waals surface area (Å²) >= 11 is 12.2. The normalized spacial score (nSPS) is 14.0. The highest BCUT2D eigenvalue weighted by Gasteiger charge is 2.18. The first-order valence-corrected chi connectivity index (χ1v) is 9.94. The van der Waals surface area contributed by atoms with Crippen molar-refractivity contribution in [3.8, 4) is 11.3 Å². The van der Waals surface area contributed by atoms with Gasteiger partial charge in [0.05, 0.1) is 56.3 Å². The van der Waals surface area contributed by atoms with Gasteiger partial charge in [0.25, 0.3) is 0 Å². The van der Waals surface area contributed by atoms with Crippen LogP contribution in [0.2, 0.25) is 10.0 Å². The number of ether oxygens (including phenoxy) is 4. The van der Waals surface area contributed by atoms with E-state index in [2.05, 4.69) is 20.5 Å². The molecule has 0 saturated carbocycles. The predicted octanol–water partition coefficient (Wildman–Crippen LogP) is 2.29. The number of benzene rings is 1. The van der Waals surface area contributed by atoms with Gasteiger partial charge in [-0.05, 0) is 6.07 Å². The maximum absolute atomic E-state index is 6.20. The minimum Gasteiger partial charge on any atom is -0.382 e. The van der Waals surface area contributed by atoms with E-state index in [1.165, 1.54) is 0 Å². The minimum atomic E-state index is 0.205. The maximum Gasteiger partial charge on any atom is 0.244 e. The van der Waals surface area contributed by atoms with Gasteiger partial charge in [0, 0.05) is 12.1 Å². The standard InChI is InChI=1S/C18H23Cl2N5O4/c19-14-3-1-2-13(15(14)20)16-17(21)23-18(25-24-16)22-4-5-26-6-7-27-8-9-29-12-10-28-11-12/h1-3,12H,4-11H2,(H3,21,22,23,25). The molecule has 0 bridgehead atoms. The van der Waals surface area contributed by atoms with E-state index in [9.17, 15) is 0 Å². The summed E-state index contributed by atoms with van der Waals surface area (Å²) in [5.74, 6) is 0.512. The van der Waals surface area contributed by atoms with Crippen LogP contribution in [0.1, 0.15) is 0 Å². The number of halogens is 2. The molecule has 0 unspecified atom stereocenters. The van der Waals surface area contributed by atoms with Crippen molar-refractivity contribution < 1.29 is 18.9 Å². The minimum absolute atomic E-state index is 0.205. The second kappa shape index (κ2) is 11.4. The van der Waals surface area contributed by atoms with Gasteiger partial charge < -0.3 is 30.0 Å². The number of nitrogens with two attached hydrogens (primary N) is 1. The number of nitrogen functional groups attached to an aromatic ring is 1. The molecule has 9 nitrogen and oxygen atoms in total. The molecular formula is C18H23Cl2N5O4. The van der Waals surface area contributed by atoms with E-state index in [-0.39, 0.29) is 11.9 Å². The van der Waals surface area contributed by atoms with E-state index in [1.807, 2.05) is 0 Å². The molecule has 0 amide bonds. The van der Waals surface area contributed by atoms with Crippen molar-refractivity contribution >= 4 is 35.0 Å². The summed E-state index contributed by atoms with van der Waals surface area (Å²) in [4.78, 5) is 4.20. The second-order valence-corrected chi connectivity index (χ2v) is 6.94. The van der Waals surface area contributed by atoms with E-state index in [0.29, 0.717) is 80.0 Å². The van der Waals surface area contributed by atoms with E-state index < -0.39 is 0 Å². The van der Waals surface area contributed by atoms with Crippen LogP contribution in [0.3, 0.4) is 0 Å². The first kappa shape index (κ1) is 21.9. The van der Waals surface area contributed by atoms with Crippen LogP contribution < -0.4 is 11.1 Å². The Hall–Kier alpha value is -1.75. The largest absolute Gasteiger partial charge is 0.382 e. The molecule has 0 aliphatic carbocycles. The Bertz CT molecular complexity index is 795. The summed E-state index contributed by atoms with van der Waals surface area (Å²) in [6.07, 6.45) is 0.225. The van der Waals surface area contributed by atoms with Crippen molar-refractivity contribution in [2.45, 2.75) is 6.10 Å². The fourth-order valence-electron chi connectivity index (χ4n) is 2.43. The van der Waals surface area contributed by atoms with E-state index in [1.54, 1.807) is 18.2 Å². The zero-order valence-electron chi connectivity index (χ0n) is 15.8. The van der Waals surface area contributed by atoms with Crippen LogP contribution in [0.15, 0.2) is 18.2 Å². The smallest absolute Gasteiger partial charge is 0.244 e. The lowest BCUT2D eigenvalue weighted by molar-refractivity contribution is -0.137. The molecule has 0 spiro atoms. The number of nitrogens with zero attached hydrogens (tertiary/aromatic N) is 3. The average molecular weight is 444 g/mol. The number of rotatable bonds is 12. The quantitative estimate of drug-likeness (QED) is 0.476. The number of anilines is 2. The van der Waals surface area contributed by atoms with Gasteiger partial charge in [0.1, 0.15) is 11.8 Å². The average Bonchev–Trinajstić information content (AvgIpc) is 2.67. The maximum atomic E-state index is 6.20. The molecule has 1 aliphatic rings. The van der Waals surface area contributed by atoms with Crippen molar-refractivity contribution in [3.05, 3.63) is 28.2 Å². The number of nitrogens with one attached hydrogen (secondary N) is 1. The van der Waals surface area contributed by atoms with Gasteiger partial charge in [0.2, 0.25) is 5.95 Å². The van der Waals surface area contributed by atoms with E-state index >= 15 is 0 Å². The molecule has 3 N–H and O–H groups in total. The zero-order chi connectivity index (χ0) is 20.5. The Morgan fingerprint density at radius 3 is 2.55 bits per heavy atom. The third kappa shape index (κ3) is 6.63. The highest BCUT2D eigenvalue weighted by atomic mass is 35.5. The fourth-order valence-corrected chi connectivity index (χ4v) is 2.82. The van der Waals surface area contributed by atoms with Crippen LogP contribution in [0.5, 0.6) is 0 Å². The molecule has 1 aromatic heterocycles. The Morgan fingerprint density at radius 1 is 1.07 bits per heavy atom. The molecule has 29 heavy (non-hydrogen) atoms. The lowest BCUT2D eigenvalue weighted by atomic mass is 10.1. The summed E-state index contributed by atoms with van der Waals surface area (Å²) in [5.41, 5.74) is 6.95. The predicted molar refractivity (Wildman–Crippen MR) is 110 cm³/mol. The highest BCUT2D eigenvalue weighted by Crippen LogP contribution is 2.34. The van der Waals surface area contributed by atoms with Crippen molar-refractivity contribution in [3.63, 3.8) is 0 Å². The third-order valence-corrected chi connectivity index (χ3v) is 4.83. The van der Waals surface area contributed by atoms with E-state index in [0.717, 1.165) is 0 Å².